The van der Waals surface area contributed by atoms with Gasteiger partial charge in [0.25, 0.3) is 0 Å². The second-order valence-corrected chi connectivity index (χ2v) is 11.1. The van der Waals surface area contributed by atoms with Crippen LogP contribution in [-0.2, 0) is 0 Å². The summed E-state index contributed by atoms with van der Waals surface area (Å²) >= 11 is 0. The molecule has 0 spiro atoms. The molecule has 1 aliphatic rings. The average Bonchev–Trinajstić information content (AvgIpc) is 2.36. The van der Waals surface area contributed by atoms with Crippen molar-refractivity contribution in [1.82, 2.24) is 0 Å². The van der Waals surface area contributed by atoms with E-state index in [4.69, 9.17) is 0 Å². The molecule has 1 aliphatic carbocycles. The van der Waals surface area contributed by atoms with E-state index in [0.29, 0.717) is 10.8 Å². The normalized spacial score (nSPS) is 21.6. The maximum atomic E-state index is 2.46. The summed E-state index contributed by atoms with van der Waals surface area (Å²) in [5, 5.41) is 0. The van der Waals surface area contributed by atoms with Gasteiger partial charge in [-0.25, -0.2) is 0 Å². The van der Waals surface area contributed by atoms with Gasteiger partial charge in [-0.3, -0.25) is 0 Å². The first-order valence-electron chi connectivity index (χ1n) is 8.55. The van der Waals surface area contributed by atoms with Gasteiger partial charge in [0, 0.05) is 9.52 Å². The molecule has 0 aromatic heterocycles. The molecule has 0 atom stereocenters. The Hall–Kier alpha value is 0.217. The minimum Gasteiger partial charge on any atom is -0.0602 e. The smallest absolute Gasteiger partial charge is 0.0319 e. The Morgan fingerprint density at radius 1 is 0.684 bits per heavy atom. The first kappa shape index (κ1) is 17.3. The van der Waals surface area contributed by atoms with Crippen LogP contribution in [0.5, 0.6) is 0 Å². The second-order valence-electron chi connectivity index (χ2n) is 8.86. The molecule has 113 valence electrons. The predicted molar refractivity (Wildman–Crippen MR) is 91.4 cm³/mol. The third-order valence-electron chi connectivity index (χ3n) is 4.89. The van der Waals surface area contributed by atoms with Gasteiger partial charge >= 0.3 is 0 Å². The molecule has 19 heavy (non-hydrogen) atoms. The Bertz CT molecular complexity index is 219. The predicted octanol–water partition coefficient (Wildman–Crippen LogP) is 5.70. The van der Waals surface area contributed by atoms with Crippen LogP contribution in [0.1, 0.15) is 92.9 Å². The van der Waals surface area contributed by atoms with E-state index in [9.17, 15) is 0 Å². The van der Waals surface area contributed by atoms with Gasteiger partial charge in [0.05, 0.1) is 0 Å². The summed E-state index contributed by atoms with van der Waals surface area (Å²) in [5.41, 5.74) is 3.92. The van der Waals surface area contributed by atoms with Gasteiger partial charge in [-0.05, 0) is 21.9 Å². The highest BCUT2D eigenvalue weighted by atomic mass is 28.2. The van der Waals surface area contributed by atoms with Gasteiger partial charge < -0.3 is 0 Å². The van der Waals surface area contributed by atoms with Crippen LogP contribution in [0.15, 0.2) is 0 Å². The number of hydrogen-bond acceptors (Lipinski definition) is 0. The minimum atomic E-state index is -0.0653. The lowest BCUT2D eigenvalue weighted by Gasteiger charge is -2.42. The van der Waals surface area contributed by atoms with Gasteiger partial charge in [0.15, 0.2) is 0 Å². The molecule has 0 saturated heterocycles. The molecule has 0 aromatic carbocycles. The van der Waals surface area contributed by atoms with Crippen molar-refractivity contribution in [3.05, 3.63) is 5.54 Å². The maximum Gasteiger partial charge on any atom is 0.0319 e. The van der Waals surface area contributed by atoms with Gasteiger partial charge in [-0.2, -0.15) is 0 Å². The van der Waals surface area contributed by atoms with Crippen molar-refractivity contribution >= 4 is 9.52 Å². The summed E-state index contributed by atoms with van der Waals surface area (Å²) in [6.45, 7) is 14.8. The van der Waals surface area contributed by atoms with E-state index in [1.807, 2.05) is 5.54 Å². The molecular weight excluding hydrogens is 244 g/mol. The zero-order valence-corrected chi connectivity index (χ0v) is 15.9. The van der Waals surface area contributed by atoms with Gasteiger partial charge in [-0.15, -0.1) is 0 Å². The zero-order valence-electron chi connectivity index (χ0n) is 14.4. The molecule has 0 heterocycles. The van der Waals surface area contributed by atoms with Crippen molar-refractivity contribution in [3.8, 4) is 0 Å². The Morgan fingerprint density at radius 2 is 1.05 bits per heavy atom. The summed E-state index contributed by atoms with van der Waals surface area (Å²) in [5.74, 6) is 0. The number of hydrogen-bond donors (Lipinski definition) is 0. The van der Waals surface area contributed by atoms with E-state index in [2.05, 4.69) is 41.5 Å². The van der Waals surface area contributed by atoms with Crippen molar-refractivity contribution in [1.29, 1.82) is 0 Å². The van der Waals surface area contributed by atoms with Crippen LogP contribution in [0, 0.1) is 16.4 Å². The van der Waals surface area contributed by atoms with Crippen molar-refractivity contribution < 1.29 is 0 Å². The van der Waals surface area contributed by atoms with E-state index in [-0.39, 0.29) is 9.52 Å². The summed E-state index contributed by atoms with van der Waals surface area (Å²) in [6, 6.07) is 0. The first-order valence-corrected chi connectivity index (χ1v) is 10.1. The molecule has 1 fully saturated rings. The van der Waals surface area contributed by atoms with Crippen molar-refractivity contribution in [2.45, 2.75) is 98.5 Å². The van der Waals surface area contributed by atoms with Crippen LogP contribution in [0.4, 0.5) is 0 Å². The number of rotatable bonds is 2. The monoisotopic (exact) mass is 281 g/mol. The van der Waals surface area contributed by atoms with E-state index in [1.54, 1.807) is 0 Å². The molecule has 1 saturated carbocycles. The molecule has 0 aliphatic heterocycles. The van der Waals surface area contributed by atoms with Gasteiger partial charge in [-0.1, -0.05) is 92.9 Å². The summed E-state index contributed by atoms with van der Waals surface area (Å²) in [6.07, 6.45) is 11.8. The van der Waals surface area contributed by atoms with E-state index in [0.717, 1.165) is 5.54 Å². The highest BCUT2D eigenvalue weighted by Crippen LogP contribution is 2.46. The van der Waals surface area contributed by atoms with E-state index in [1.165, 1.54) is 51.4 Å². The van der Waals surface area contributed by atoms with Crippen LogP contribution in [0.25, 0.3) is 0 Å². The first-order chi connectivity index (χ1) is 8.71. The Morgan fingerprint density at radius 3 is 1.42 bits per heavy atom. The van der Waals surface area contributed by atoms with Gasteiger partial charge in [0.2, 0.25) is 0 Å². The SMILES string of the molecule is CC(C)(C)C([SiH2][C]1CCCCCCCC1)C(C)(C)C. The summed E-state index contributed by atoms with van der Waals surface area (Å²) in [4.78, 5) is 0. The molecule has 0 aromatic rings. The summed E-state index contributed by atoms with van der Waals surface area (Å²) < 4.78 is 0. The molecule has 1 rings (SSSR count). The lowest BCUT2D eigenvalue weighted by Crippen LogP contribution is -2.34. The van der Waals surface area contributed by atoms with Crippen molar-refractivity contribution in [2.75, 3.05) is 0 Å². The highest BCUT2D eigenvalue weighted by Gasteiger charge is 2.36. The molecule has 0 N–H and O–H groups in total. The van der Waals surface area contributed by atoms with Crippen molar-refractivity contribution in [3.63, 3.8) is 0 Å². The molecule has 0 nitrogen and oxygen atoms in total. The lowest BCUT2D eigenvalue weighted by molar-refractivity contribution is 0.231. The third-order valence-corrected chi connectivity index (χ3v) is 9.04. The standard InChI is InChI=1S/C18H37Si/c1-17(2,3)16(18(4,5)6)19-15-13-11-9-7-8-10-12-14-15/h16H,7-14,19H2,1-6H3. The largest absolute Gasteiger partial charge is 0.0602 e. The molecular formula is C18H37Si. The van der Waals surface area contributed by atoms with Crippen molar-refractivity contribution in [2.24, 2.45) is 10.8 Å². The fraction of sp³-hybridized carbons (Fsp3) is 0.944. The molecule has 0 amide bonds. The van der Waals surface area contributed by atoms with Crippen LogP contribution in [0.3, 0.4) is 0 Å². The van der Waals surface area contributed by atoms with E-state index < -0.39 is 0 Å². The fourth-order valence-electron chi connectivity index (χ4n) is 3.99. The highest BCUT2D eigenvalue weighted by molar-refractivity contribution is 6.45. The quantitative estimate of drug-likeness (QED) is 0.569. The van der Waals surface area contributed by atoms with Gasteiger partial charge in [0.1, 0.15) is 0 Å². The average molecular weight is 282 g/mol. The maximum absolute atomic E-state index is 2.46. The Balaban J connectivity index is 2.65. The summed E-state index contributed by atoms with van der Waals surface area (Å²) in [7, 11) is -0.0653. The minimum absolute atomic E-state index is 0.0653. The van der Waals surface area contributed by atoms with E-state index >= 15 is 0 Å². The third kappa shape index (κ3) is 6.47. The fourth-order valence-corrected chi connectivity index (χ4v) is 6.70. The van der Waals surface area contributed by atoms with Crippen LogP contribution >= 0.6 is 0 Å². The zero-order chi connectivity index (χ0) is 14.5. The Labute approximate surface area is 125 Å². The molecule has 0 bridgehead atoms. The second kappa shape index (κ2) is 7.29. The van der Waals surface area contributed by atoms with Crippen LogP contribution in [-0.4, -0.2) is 9.52 Å². The topological polar surface area (TPSA) is 0 Å². The van der Waals surface area contributed by atoms with Crippen LogP contribution in [0.2, 0.25) is 5.54 Å². The Kier molecular flexibility index (Phi) is 6.63. The molecule has 1 heteroatoms. The molecule has 1 radical (unpaired) electrons. The van der Waals surface area contributed by atoms with Crippen LogP contribution < -0.4 is 0 Å². The lowest BCUT2D eigenvalue weighted by atomic mass is 9.77. The molecule has 0 unspecified atom stereocenters.